The van der Waals surface area contributed by atoms with Crippen LogP contribution in [0.5, 0.6) is 0 Å². The number of rotatable bonds is 3. The third kappa shape index (κ3) is 2.79. The minimum absolute atomic E-state index is 0.0917. The fourth-order valence-electron chi connectivity index (χ4n) is 3.52. The molecule has 0 bridgehead atoms. The SMILES string of the molecule is CN[C@H]1CC[C@@H](c2ccc(Cl)c(C)c2)c2ccc(CO)cc21. The maximum Gasteiger partial charge on any atom is 0.0681 e. The van der Waals surface area contributed by atoms with E-state index in [1.54, 1.807) is 0 Å². The summed E-state index contributed by atoms with van der Waals surface area (Å²) in [7, 11) is 2.01. The smallest absolute Gasteiger partial charge is 0.0681 e. The van der Waals surface area contributed by atoms with Crippen molar-refractivity contribution in [2.45, 2.75) is 38.3 Å². The summed E-state index contributed by atoms with van der Waals surface area (Å²) in [5.74, 6) is 0.406. The highest BCUT2D eigenvalue weighted by Crippen LogP contribution is 2.42. The Bertz CT molecular complexity index is 683. The van der Waals surface area contributed by atoms with Crippen LogP contribution in [0.1, 0.15) is 52.6 Å². The van der Waals surface area contributed by atoms with E-state index in [0.29, 0.717) is 12.0 Å². The molecule has 0 spiro atoms. The lowest BCUT2D eigenvalue weighted by atomic mass is 9.76. The summed E-state index contributed by atoms with van der Waals surface area (Å²) in [6, 6.07) is 13.1. The molecule has 22 heavy (non-hydrogen) atoms. The van der Waals surface area contributed by atoms with Crippen LogP contribution >= 0.6 is 11.6 Å². The fourth-order valence-corrected chi connectivity index (χ4v) is 3.63. The molecule has 0 fully saturated rings. The first kappa shape index (κ1) is 15.5. The van der Waals surface area contributed by atoms with Gasteiger partial charge in [-0.05, 0) is 60.7 Å². The van der Waals surface area contributed by atoms with Crippen LogP contribution in [0, 0.1) is 6.92 Å². The molecule has 0 aromatic heterocycles. The van der Waals surface area contributed by atoms with Gasteiger partial charge in [0.25, 0.3) is 0 Å². The molecule has 0 unspecified atom stereocenters. The topological polar surface area (TPSA) is 32.3 Å². The van der Waals surface area contributed by atoms with Gasteiger partial charge in [-0.2, -0.15) is 0 Å². The molecule has 0 heterocycles. The molecule has 0 saturated heterocycles. The first-order chi connectivity index (χ1) is 10.6. The van der Waals surface area contributed by atoms with Crippen LogP contribution in [0.3, 0.4) is 0 Å². The van der Waals surface area contributed by atoms with Crippen molar-refractivity contribution in [2.75, 3.05) is 7.05 Å². The molecule has 2 aromatic carbocycles. The molecule has 2 aromatic rings. The normalized spacial score (nSPS) is 20.7. The Balaban J connectivity index is 2.06. The van der Waals surface area contributed by atoms with Crippen molar-refractivity contribution in [3.8, 4) is 0 Å². The summed E-state index contributed by atoms with van der Waals surface area (Å²) in [4.78, 5) is 0. The van der Waals surface area contributed by atoms with Gasteiger partial charge in [0.05, 0.1) is 6.61 Å². The van der Waals surface area contributed by atoms with E-state index in [9.17, 15) is 5.11 Å². The number of nitrogens with one attached hydrogen (secondary N) is 1. The van der Waals surface area contributed by atoms with Gasteiger partial charge in [-0.3, -0.25) is 0 Å². The predicted octanol–water partition coefficient (Wildman–Crippen LogP) is 4.33. The summed E-state index contributed by atoms with van der Waals surface area (Å²) in [6.07, 6.45) is 2.22. The first-order valence-corrected chi connectivity index (χ1v) is 8.18. The molecule has 116 valence electrons. The molecule has 1 aliphatic carbocycles. The highest BCUT2D eigenvalue weighted by Gasteiger charge is 2.27. The summed E-state index contributed by atoms with van der Waals surface area (Å²) >= 11 is 6.17. The van der Waals surface area contributed by atoms with Crippen LogP contribution in [-0.4, -0.2) is 12.2 Å². The molecule has 3 heteroatoms. The van der Waals surface area contributed by atoms with Crippen LogP contribution < -0.4 is 5.32 Å². The number of aliphatic hydroxyl groups excluding tert-OH is 1. The molecule has 0 aliphatic heterocycles. The average molecular weight is 316 g/mol. The maximum atomic E-state index is 9.41. The van der Waals surface area contributed by atoms with Gasteiger partial charge in [-0.1, -0.05) is 41.9 Å². The number of aliphatic hydroxyl groups is 1. The minimum Gasteiger partial charge on any atom is -0.392 e. The maximum absolute atomic E-state index is 9.41. The molecule has 2 N–H and O–H groups in total. The van der Waals surface area contributed by atoms with Crippen LogP contribution in [0.4, 0.5) is 0 Å². The minimum atomic E-state index is 0.0917. The van der Waals surface area contributed by atoms with Crippen molar-refractivity contribution < 1.29 is 5.11 Å². The van der Waals surface area contributed by atoms with E-state index in [2.05, 4.69) is 36.5 Å². The van der Waals surface area contributed by atoms with Crippen LogP contribution in [0.2, 0.25) is 5.02 Å². The van der Waals surface area contributed by atoms with E-state index in [1.165, 1.54) is 16.7 Å². The average Bonchev–Trinajstić information content (AvgIpc) is 2.55. The highest BCUT2D eigenvalue weighted by molar-refractivity contribution is 6.31. The van der Waals surface area contributed by atoms with E-state index in [4.69, 9.17) is 11.6 Å². The van der Waals surface area contributed by atoms with Crippen LogP contribution in [0.15, 0.2) is 36.4 Å². The molecule has 3 rings (SSSR count). The predicted molar refractivity (Wildman–Crippen MR) is 91.4 cm³/mol. The fraction of sp³-hybridized carbons (Fsp3) is 0.368. The Kier molecular flexibility index (Phi) is 4.53. The Labute approximate surface area is 137 Å². The Hall–Kier alpha value is -1.35. The van der Waals surface area contributed by atoms with Crippen molar-refractivity contribution >= 4 is 11.6 Å². The van der Waals surface area contributed by atoms with Gasteiger partial charge in [-0.25, -0.2) is 0 Å². The number of halogens is 1. The number of hydrogen-bond acceptors (Lipinski definition) is 2. The van der Waals surface area contributed by atoms with Crippen molar-refractivity contribution in [1.82, 2.24) is 5.32 Å². The van der Waals surface area contributed by atoms with E-state index >= 15 is 0 Å². The monoisotopic (exact) mass is 315 g/mol. The first-order valence-electron chi connectivity index (χ1n) is 7.81. The zero-order valence-corrected chi connectivity index (χ0v) is 13.8. The van der Waals surface area contributed by atoms with Gasteiger partial charge < -0.3 is 10.4 Å². The second-order valence-electron chi connectivity index (χ2n) is 6.10. The van der Waals surface area contributed by atoms with Crippen LogP contribution in [-0.2, 0) is 6.61 Å². The Morgan fingerprint density at radius 2 is 1.95 bits per heavy atom. The van der Waals surface area contributed by atoms with Crippen molar-refractivity contribution in [2.24, 2.45) is 0 Å². The zero-order chi connectivity index (χ0) is 15.7. The number of benzene rings is 2. The summed E-state index contributed by atoms with van der Waals surface area (Å²) in [5.41, 5.74) is 6.12. The molecule has 0 saturated carbocycles. The lowest BCUT2D eigenvalue weighted by Gasteiger charge is -2.32. The van der Waals surface area contributed by atoms with E-state index < -0.39 is 0 Å². The number of hydrogen-bond donors (Lipinski definition) is 2. The van der Waals surface area contributed by atoms with E-state index in [-0.39, 0.29) is 6.61 Å². The second-order valence-corrected chi connectivity index (χ2v) is 6.51. The lowest BCUT2D eigenvalue weighted by molar-refractivity contribution is 0.281. The molecule has 0 radical (unpaired) electrons. The molecule has 0 amide bonds. The summed E-state index contributed by atoms with van der Waals surface area (Å²) in [5, 5.41) is 13.6. The summed E-state index contributed by atoms with van der Waals surface area (Å²) in [6.45, 7) is 2.15. The van der Waals surface area contributed by atoms with E-state index in [0.717, 1.165) is 29.0 Å². The highest BCUT2D eigenvalue weighted by atomic mass is 35.5. The van der Waals surface area contributed by atoms with Crippen molar-refractivity contribution in [3.63, 3.8) is 0 Å². The Morgan fingerprint density at radius 3 is 2.64 bits per heavy atom. The van der Waals surface area contributed by atoms with Crippen LogP contribution in [0.25, 0.3) is 0 Å². The largest absolute Gasteiger partial charge is 0.392 e. The molecule has 1 aliphatic rings. The van der Waals surface area contributed by atoms with Gasteiger partial charge >= 0.3 is 0 Å². The standard InChI is InChI=1S/C19H22ClNO/c1-12-9-14(4-7-18(12)20)15-6-8-19(21-2)17-10-13(11-22)3-5-16(15)17/h3-5,7,9-10,15,19,21-22H,6,8,11H2,1-2H3/t15-,19-/m0/s1. The lowest BCUT2D eigenvalue weighted by Crippen LogP contribution is -2.24. The zero-order valence-electron chi connectivity index (χ0n) is 13.1. The van der Waals surface area contributed by atoms with Gasteiger partial charge in [0.15, 0.2) is 0 Å². The number of aryl methyl sites for hydroxylation is 1. The van der Waals surface area contributed by atoms with Gasteiger partial charge in [0, 0.05) is 17.0 Å². The third-order valence-electron chi connectivity index (χ3n) is 4.76. The van der Waals surface area contributed by atoms with Crippen molar-refractivity contribution in [3.05, 3.63) is 69.2 Å². The van der Waals surface area contributed by atoms with Gasteiger partial charge in [0.1, 0.15) is 0 Å². The van der Waals surface area contributed by atoms with E-state index in [1.807, 2.05) is 19.2 Å². The molecular weight excluding hydrogens is 294 g/mol. The molecular formula is C19H22ClNO. The van der Waals surface area contributed by atoms with Gasteiger partial charge in [-0.15, -0.1) is 0 Å². The summed E-state index contributed by atoms with van der Waals surface area (Å²) < 4.78 is 0. The molecule has 2 nitrogen and oxygen atoms in total. The van der Waals surface area contributed by atoms with Gasteiger partial charge in [0.2, 0.25) is 0 Å². The van der Waals surface area contributed by atoms with Crippen molar-refractivity contribution in [1.29, 1.82) is 0 Å². The quantitative estimate of drug-likeness (QED) is 0.883. The third-order valence-corrected chi connectivity index (χ3v) is 5.19. The number of fused-ring (bicyclic) bond motifs is 1. The second kappa shape index (κ2) is 6.41. The Morgan fingerprint density at radius 1 is 1.14 bits per heavy atom. The molecule has 2 atom stereocenters.